The molecule has 0 aliphatic heterocycles. The Labute approximate surface area is 184 Å². The average molecular weight is 419 g/mol. The van der Waals surface area contributed by atoms with Gasteiger partial charge in [-0.15, -0.1) is 0 Å². The van der Waals surface area contributed by atoms with Crippen molar-refractivity contribution in [1.29, 1.82) is 0 Å². The van der Waals surface area contributed by atoms with E-state index < -0.39 is 50.1 Å². The van der Waals surface area contributed by atoms with Crippen LogP contribution in [0.4, 0.5) is 4.39 Å². The van der Waals surface area contributed by atoms with Crippen LogP contribution in [0.2, 0.25) is 0 Å². The van der Waals surface area contributed by atoms with Crippen molar-refractivity contribution in [2.75, 3.05) is 0 Å². The van der Waals surface area contributed by atoms with E-state index in [2.05, 4.69) is 0 Å². The molecule has 3 aromatic rings. The Morgan fingerprint density at radius 3 is 2.57 bits per heavy atom. The van der Waals surface area contributed by atoms with Crippen molar-refractivity contribution in [1.82, 2.24) is 4.57 Å². The highest BCUT2D eigenvalue weighted by Gasteiger charge is 2.19. The van der Waals surface area contributed by atoms with Crippen LogP contribution in [-0.4, -0.2) is 38.1 Å². The molecule has 158 valence electrons. The van der Waals surface area contributed by atoms with Crippen molar-refractivity contribution >= 4 is 22.9 Å². The third kappa shape index (κ3) is 4.78. The summed E-state index contributed by atoms with van der Waals surface area (Å²) >= 11 is 0. The van der Waals surface area contributed by atoms with Gasteiger partial charge in [0.1, 0.15) is 5.82 Å². The van der Waals surface area contributed by atoms with Crippen LogP contribution in [0.15, 0.2) is 54.6 Å². The van der Waals surface area contributed by atoms with Crippen LogP contribution in [0.3, 0.4) is 0 Å². The van der Waals surface area contributed by atoms with Crippen molar-refractivity contribution in [2.45, 2.75) is 44.8 Å². The SMILES string of the molecule is [2H]C([2H])([2H])C([2H])(n1c(/C=C/[C@@H](O)C[C@@H](O)CC(=O)O)c(-c2ccc(F)cc2)c2ccccc21)C([2H])([2H])[2H]. The zero-order valence-corrected chi connectivity index (χ0v) is 15.9. The number of carboxylic acids is 1. The van der Waals surface area contributed by atoms with E-state index in [1.54, 1.807) is 18.2 Å². The van der Waals surface area contributed by atoms with E-state index in [1.165, 1.54) is 36.4 Å². The normalized spacial score (nSPS) is 18.6. The molecule has 0 fully saturated rings. The summed E-state index contributed by atoms with van der Waals surface area (Å²) < 4.78 is 71.5. The van der Waals surface area contributed by atoms with Crippen LogP contribution in [0, 0.1) is 5.82 Å². The molecule has 0 radical (unpaired) electrons. The molecule has 3 N–H and O–H groups in total. The minimum absolute atomic E-state index is 0.0539. The van der Waals surface area contributed by atoms with E-state index in [1.807, 2.05) is 0 Å². The molecule has 2 aromatic carbocycles. The Morgan fingerprint density at radius 2 is 1.90 bits per heavy atom. The fraction of sp³-hybridized carbons (Fsp3) is 0.292. The van der Waals surface area contributed by atoms with Crippen LogP contribution in [0.1, 0.15) is 47.9 Å². The van der Waals surface area contributed by atoms with Gasteiger partial charge < -0.3 is 19.9 Å². The first kappa shape index (κ1) is 14.1. The minimum Gasteiger partial charge on any atom is -0.481 e. The zero-order valence-electron chi connectivity index (χ0n) is 22.9. The molecule has 0 amide bonds. The van der Waals surface area contributed by atoms with Crippen LogP contribution >= 0.6 is 0 Å². The third-order valence-electron chi connectivity index (χ3n) is 4.67. The maximum absolute atomic E-state index is 13.7. The lowest BCUT2D eigenvalue weighted by atomic mass is 10.0. The molecule has 0 saturated heterocycles. The molecule has 0 saturated carbocycles. The molecular weight excluding hydrogens is 385 g/mol. The largest absolute Gasteiger partial charge is 0.481 e. The highest BCUT2D eigenvalue weighted by Crippen LogP contribution is 2.38. The van der Waals surface area contributed by atoms with Gasteiger partial charge in [-0.1, -0.05) is 36.4 Å². The number of carbonyl (C=O) groups is 1. The first-order valence-electron chi connectivity index (χ1n) is 12.7. The third-order valence-corrected chi connectivity index (χ3v) is 4.67. The summed E-state index contributed by atoms with van der Waals surface area (Å²) in [4.78, 5) is 10.8. The summed E-state index contributed by atoms with van der Waals surface area (Å²) in [5.74, 6) is -1.80. The second-order valence-corrected chi connectivity index (χ2v) is 6.88. The van der Waals surface area contributed by atoms with Crippen LogP contribution in [0.5, 0.6) is 0 Å². The van der Waals surface area contributed by atoms with Gasteiger partial charge >= 0.3 is 5.97 Å². The summed E-state index contributed by atoms with van der Waals surface area (Å²) in [6, 6.07) is 8.29. The van der Waals surface area contributed by atoms with Gasteiger partial charge in [-0.25, -0.2) is 4.39 Å². The number of hydrogen-bond acceptors (Lipinski definition) is 3. The van der Waals surface area contributed by atoms with Crippen molar-refractivity contribution < 1.29 is 34.1 Å². The lowest BCUT2D eigenvalue weighted by Gasteiger charge is -2.15. The second kappa shape index (κ2) is 9.24. The molecule has 30 heavy (non-hydrogen) atoms. The van der Waals surface area contributed by atoms with Gasteiger partial charge in [0.05, 0.1) is 20.0 Å². The molecule has 0 bridgehead atoms. The minimum atomic E-state index is -3.33. The van der Waals surface area contributed by atoms with Crippen LogP contribution < -0.4 is 0 Å². The number of halogens is 1. The summed E-state index contributed by atoms with van der Waals surface area (Å²) in [6.45, 7) is -6.67. The maximum Gasteiger partial charge on any atom is 0.305 e. The molecule has 0 spiro atoms. The van der Waals surface area contributed by atoms with Gasteiger partial charge in [-0.3, -0.25) is 4.79 Å². The maximum atomic E-state index is 13.7. The van der Waals surface area contributed by atoms with Gasteiger partial charge in [0.2, 0.25) is 0 Å². The van der Waals surface area contributed by atoms with Gasteiger partial charge in [0, 0.05) is 42.8 Å². The molecule has 0 aliphatic carbocycles. The number of aliphatic hydroxyl groups excluding tert-OH is 2. The molecule has 2 atom stereocenters. The number of hydrogen-bond donors (Lipinski definition) is 3. The average Bonchev–Trinajstić information content (AvgIpc) is 3.09. The highest BCUT2D eigenvalue weighted by molar-refractivity contribution is 6.01. The van der Waals surface area contributed by atoms with Gasteiger partial charge in [-0.2, -0.15) is 0 Å². The quantitative estimate of drug-likeness (QED) is 0.498. The Bertz CT molecular complexity index is 1290. The van der Waals surface area contributed by atoms with Crippen molar-refractivity contribution in [3.05, 3.63) is 66.1 Å². The topological polar surface area (TPSA) is 82.7 Å². The standard InChI is InChI=1S/C24H26FNO4/c1-15(2)26-21-6-4-3-5-20(21)24(16-7-9-17(25)10-8-16)22(26)12-11-18(27)13-19(28)14-23(29)30/h3-12,15,18-19,27-28H,13-14H2,1-2H3,(H,29,30)/b12-11+/t18-,19-/m1/s1/i1D3,2D3,15D. The van der Waals surface area contributed by atoms with Gasteiger partial charge in [0.15, 0.2) is 0 Å². The number of carboxylic acid groups (broad SMARTS) is 1. The van der Waals surface area contributed by atoms with Crippen molar-refractivity contribution in [3.8, 4) is 11.1 Å². The number of nitrogens with zero attached hydrogens (tertiary/aromatic N) is 1. The molecule has 0 unspecified atom stereocenters. The predicted octanol–water partition coefficient (Wildman–Crippen LogP) is 4.63. The molecule has 0 aliphatic rings. The zero-order chi connectivity index (χ0) is 27.8. The predicted molar refractivity (Wildman–Crippen MR) is 116 cm³/mol. The molecule has 1 heterocycles. The fourth-order valence-electron chi connectivity index (χ4n) is 3.42. The van der Waals surface area contributed by atoms with Crippen molar-refractivity contribution in [2.24, 2.45) is 0 Å². The Kier molecular flexibility index (Phi) is 4.35. The monoisotopic (exact) mass is 418 g/mol. The Morgan fingerprint density at radius 1 is 1.20 bits per heavy atom. The van der Waals surface area contributed by atoms with E-state index >= 15 is 0 Å². The molecule has 5 nitrogen and oxygen atoms in total. The van der Waals surface area contributed by atoms with Gasteiger partial charge in [0.25, 0.3) is 0 Å². The number of aromatic nitrogens is 1. The Hall–Kier alpha value is -2.96. The number of para-hydroxylation sites is 1. The smallest absolute Gasteiger partial charge is 0.305 e. The molecule has 1 aromatic heterocycles. The van der Waals surface area contributed by atoms with Crippen LogP contribution in [0.25, 0.3) is 28.1 Å². The van der Waals surface area contributed by atoms with Gasteiger partial charge in [-0.05, 0) is 43.5 Å². The van der Waals surface area contributed by atoms with Crippen molar-refractivity contribution in [3.63, 3.8) is 0 Å². The molecule has 6 heteroatoms. The van der Waals surface area contributed by atoms with E-state index in [-0.39, 0.29) is 17.6 Å². The highest BCUT2D eigenvalue weighted by atomic mass is 19.1. The summed E-state index contributed by atoms with van der Waals surface area (Å²) in [5.41, 5.74) is 0.760. The summed E-state index contributed by atoms with van der Waals surface area (Å²) in [5, 5.41) is 29.5. The number of aliphatic hydroxyl groups is 2. The first-order valence-corrected chi connectivity index (χ1v) is 9.24. The number of rotatable bonds is 8. The number of benzene rings is 2. The summed E-state index contributed by atoms with van der Waals surface area (Å²) in [6.07, 6.45) is -1.35. The number of aliphatic carboxylic acids is 1. The molecule has 3 rings (SSSR count). The fourth-order valence-corrected chi connectivity index (χ4v) is 3.42. The Balaban J connectivity index is 2.35. The van der Waals surface area contributed by atoms with Crippen LogP contribution in [-0.2, 0) is 4.79 Å². The first-order chi connectivity index (χ1) is 17.1. The lowest BCUT2D eigenvalue weighted by Crippen LogP contribution is -2.19. The van der Waals surface area contributed by atoms with E-state index in [0.717, 1.165) is 10.6 Å². The second-order valence-electron chi connectivity index (χ2n) is 6.88. The summed E-state index contributed by atoms with van der Waals surface area (Å²) in [7, 11) is 0. The van der Waals surface area contributed by atoms with E-state index in [9.17, 15) is 19.4 Å². The lowest BCUT2D eigenvalue weighted by molar-refractivity contribution is -0.139. The van der Waals surface area contributed by atoms with E-state index in [0.29, 0.717) is 16.5 Å². The molecular formula is C24H26FNO4. The van der Waals surface area contributed by atoms with E-state index in [4.69, 9.17) is 14.7 Å². The number of fused-ring (bicyclic) bond motifs is 1.